The van der Waals surface area contributed by atoms with Gasteiger partial charge in [-0.2, -0.15) is 0 Å². The maximum atomic E-state index is 5.98. The molecule has 0 amide bonds. The highest BCUT2D eigenvalue weighted by atomic mass is 35.5. The Kier molecular flexibility index (Phi) is 4.12. The summed E-state index contributed by atoms with van der Waals surface area (Å²) in [7, 11) is 1.67. The van der Waals surface area contributed by atoms with Crippen LogP contribution in [0, 0.1) is 5.92 Å². The summed E-state index contributed by atoms with van der Waals surface area (Å²) in [6.07, 6.45) is 1.13. The lowest BCUT2D eigenvalue weighted by atomic mass is 10.1. The third-order valence-electron chi connectivity index (χ3n) is 3.08. The van der Waals surface area contributed by atoms with Crippen LogP contribution in [0.3, 0.4) is 0 Å². The van der Waals surface area contributed by atoms with Crippen LogP contribution < -0.4 is 4.74 Å². The molecule has 0 aliphatic heterocycles. The van der Waals surface area contributed by atoms with Crippen molar-refractivity contribution in [1.82, 2.24) is 9.55 Å². The first-order chi connectivity index (χ1) is 8.65. The molecule has 0 spiro atoms. The number of aryl methyl sites for hydroxylation is 1. The molecule has 0 atom stereocenters. The first kappa shape index (κ1) is 13.2. The minimum Gasteiger partial charge on any atom is -0.497 e. The van der Waals surface area contributed by atoms with Gasteiger partial charge < -0.3 is 9.30 Å². The molecular formula is C14H19ClN2O. The molecule has 3 nitrogen and oxygen atoms in total. The van der Waals surface area contributed by atoms with Crippen molar-refractivity contribution in [2.75, 3.05) is 7.11 Å². The summed E-state index contributed by atoms with van der Waals surface area (Å²) in [6.45, 7) is 5.41. The molecule has 1 aromatic carbocycles. The summed E-state index contributed by atoms with van der Waals surface area (Å²) in [5.74, 6) is 2.87. The fraction of sp³-hybridized carbons (Fsp3) is 0.500. The number of halogens is 1. The quantitative estimate of drug-likeness (QED) is 0.769. The van der Waals surface area contributed by atoms with E-state index >= 15 is 0 Å². The Morgan fingerprint density at radius 1 is 1.39 bits per heavy atom. The maximum Gasteiger partial charge on any atom is 0.124 e. The lowest BCUT2D eigenvalue weighted by Crippen LogP contribution is -2.04. The van der Waals surface area contributed by atoms with Gasteiger partial charge in [-0.25, -0.2) is 4.98 Å². The van der Waals surface area contributed by atoms with Crippen molar-refractivity contribution in [2.45, 2.75) is 32.7 Å². The van der Waals surface area contributed by atoms with E-state index in [4.69, 9.17) is 16.3 Å². The first-order valence-corrected chi connectivity index (χ1v) is 6.78. The molecule has 0 saturated heterocycles. The molecule has 0 radical (unpaired) electrons. The second-order valence-corrected chi connectivity index (χ2v) is 5.12. The molecule has 0 unspecified atom stereocenters. The number of rotatable bonds is 5. The van der Waals surface area contributed by atoms with Crippen molar-refractivity contribution in [3.05, 3.63) is 24.0 Å². The van der Waals surface area contributed by atoms with Crippen LogP contribution in [0.2, 0.25) is 0 Å². The summed E-state index contributed by atoms with van der Waals surface area (Å²) < 4.78 is 7.43. The zero-order valence-corrected chi connectivity index (χ0v) is 11.9. The molecule has 2 aromatic rings. The fourth-order valence-electron chi connectivity index (χ4n) is 2.03. The van der Waals surface area contributed by atoms with Gasteiger partial charge in [-0.1, -0.05) is 13.8 Å². The number of fused-ring (bicyclic) bond motifs is 1. The van der Waals surface area contributed by atoms with Crippen LogP contribution in [0.5, 0.6) is 5.75 Å². The zero-order chi connectivity index (χ0) is 13.1. The normalized spacial score (nSPS) is 11.4. The first-order valence-electron chi connectivity index (χ1n) is 6.24. The van der Waals surface area contributed by atoms with E-state index in [9.17, 15) is 0 Å². The van der Waals surface area contributed by atoms with Crippen LogP contribution in [0.25, 0.3) is 11.0 Å². The van der Waals surface area contributed by atoms with E-state index in [0.717, 1.165) is 35.6 Å². The predicted octanol–water partition coefficient (Wildman–Crippen LogP) is 3.83. The van der Waals surface area contributed by atoms with Gasteiger partial charge in [0.1, 0.15) is 11.6 Å². The number of benzene rings is 1. The van der Waals surface area contributed by atoms with E-state index in [2.05, 4.69) is 29.5 Å². The van der Waals surface area contributed by atoms with Crippen molar-refractivity contribution in [1.29, 1.82) is 0 Å². The third-order valence-corrected chi connectivity index (χ3v) is 3.32. The summed E-state index contributed by atoms with van der Waals surface area (Å²) in [5, 5.41) is 0. The molecule has 1 heterocycles. The number of hydrogen-bond donors (Lipinski definition) is 0. The third kappa shape index (κ3) is 2.61. The highest BCUT2D eigenvalue weighted by molar-refractivity contribution is 6.16. The van der Waals surface area contributed by atoms with Crippen LogP contribution in [0.1, 0.15) is 26.1 Å². The lowest BCUT2D eigenvalue weighted by molar-refractivity contribution is 0.415. The van der Waals surface area contributed by atoms with Gasteiger partial charge in [0.15, 0.2) is 0 Å². The van der Waals surface area contributed by atoms with Gasteiger partial charge in [0.05, 0.1) is 24.0 Å². The van der Waals surface area contributed by atoms with E-state index in [0.29, 0.717) is 11.8 Å². The second-order valence-electron chi connectivity index (χ2n) is 4.85. The van der Waals surface area contributed by atoms with Crippen LogP contribution >= 0.6 is 11.6 Å². The summed E-state index contributed by atoms with van der Waals surface area (Å²) in [4.78, 5) is 4.57. The van der Waals surface area contributed by atoms with Gasteiger partial charge in [-0.15, -0.1) is 11.6 Å². The van der Waals surface area contributed by atoms with E-state index in [1.165, 1.54) is 0 Å². The molecule has 0 aliphatic rings. The Labute approximate surface area is 113 Å². The molecule has 0 N–H and O–H groups in total. The summed E-state index contributed by atoms with van der Waals surface area (Å²) in [5.41, 5.74) is 2.08. The van der Waals surface area contributed by atoms with Crippen LogP contribution in [-0.4, -0.2) is 16.7 Å². The second kappa shape index (κ2) is 5.61. The number of ether oxygens (including phenoxy) is 1. The Balaban J connectivity index is 2.42. The molecule has 18 heavy (non-hydrogen) atoms. The van der Waals surface area contributed by atoms with Crippen LogP contribution in [0.4, 0.5) is 0 Å². The highest BCUT2D eigenvalue weighted by Crippen LogP contribution is 2.23. The number of aromatic nitrogens is 2. The van der Waals surface area contributed by atoms with E-state index in [1.54, 1.807) is 7.11 Å². The van der Waals surface area contributed by atoms with E-state index < -0.39 is 0 Å². The van der Waals surface area contributed by atoms with E-state index in [1.807, 2.05) is 12.1 Å². The maximum absolute atomic E-state index is 5.98. The average Bonchev–Trinajstić information content (AvgIpc) is 2.72. The molecule has 0 saturated carbocycles. The number of methoxy groups -OCH3 is 1. The topological polar surface area (TPSA) is 27.1 Å². The standard InChI is InChI=1S/C14H19ClN2O/c1-10(2)6-7-17-13-5-4-11(18-3)8-12(13)16-14(17)9-15/h4-5,8,10H,6-7,9H2,1-3H3. The highest BCUT2D eigenvalue weighted by Gasteiger charge is 2.11. The molecule has 1 aromatic heterocycles. The molecule has 0 fully saturated rings. The van der Waals surface area contributed by atoms with Crippen LogP contribution in [-0.2, 0) is 12.4 Å². The van der Waals surface area contributed by atoms with Crippen LogP contribution in [0.15, 0.2) is 18.2 Å². The molecule has 2 rings (SSSR count). The number of alkyl halides is 1. The Morgan fingerprint density at radius 2 is 2.17 bits per heavy atom. The lowest BCUT2D eigenvalue weighted by Gasteiger charge is -2.09. The molecule has 98 valence electrons. The molecular weight excluding hydrogens is 248 g/mol. The monoisotopic (exact) mass is 266 g/mol. The van der Waals surface area contributed by atoms with Crippen molar-refractivity contribution in [3.63, 3.8) is 0 Å². The smallest absolute Gasteiger partial charge is 0.124 e. The number of hydrogen-bond acceptors (Lipinski definition) is 2. The summed E-state index contributed by atoms with van der Waals surface area (Å²) >= 11 is 5.98. The molecule has 0 aliphatic carbocycles. The van der Waals surface area contributed by atoms with Crippen molar-refractivity contribution in [3.8, 4) is 5.75 Å². The van der Waals surface area contributed by atoms with Gasteiger partial charge in [-0.3, -0.25) is 0 Å². The van der Waals surface area contributed by atoms with Gasteiger partial charge in [0, 0.05) is 12.6 Å². The summed E-state index contributed by atoms with van der Waals surface area (Å²) in [6, 6.07) is 5.97. The van der Waals surface area contributed by atoms with Crippen molar-refractivity contribution in [2.24, 2.45) is 5.92 Å². The van der Waals surface area contributed by atoms with Gasteiger partial charge >= 0.3 is 0 Å². The van der Waals surface area contributed by atoms with Gasteiger partial charge in [-0.05, 0) is 24.5 Å². The number of imidazole rings is 1. The van der Waals surface area contributed by atoms with E-state index in [-0.39, 0.29) is 0 Å². The van der Waals surface area contributed by atoms with Gasteiger partial charge in [0.2, 0.25) is 0 Å². The van der Waals surface area contributed by atoms with Gasteiger partial charge in [0.25, 0.3) is 0 Å². The number of nitrogens with zero attached hydrogens (tertiary/aromatic N) is 2. The largest absolute Gasteiger partial charge is 0.497 e. The minimum atomic E-state index is 0.440. The SMILES string of the molecule is COc1ccc2c(c1)nc(CCl)n2CCC(C)C. The Bertz CT molecular complexity index is 534. The minimum absolute atomic E-state index is 0.440. The molecule has 0 bridgehead atoms. The predicted molar refractivity (Wildman–Crippen MR) is 75.3 cm³/mol. The Morgan fingerprint density at radius 3 is 2.78 bits per heavy atom. The Hall–Kier alpha value is -1.22. The average molecular weight is 267 g/mol. The van der Waals surface area contributed by atoms with Crippen molar-refractivity contribution >= 4 is 22.6 Å². The van der Waals surface area contributed by atoms with Crippen molar-refractivity contribution < 1.29 is 4.74 Å². The fourth-order valence-corrected chi connectivity index (χ4v) is 2.23. The molecule has 4 heteroatoms. The zero-order valence-electron chi connectivity index (χ0n) is 11.1.